The van der Waals surface area contributed by atoms with Gasteiger partial charge >= 0.3 is 24.1 Å². The van der Waals surface area contributed by atoms with Crippen molar-refractivity contribution in [1.82, 2.24) is 0 Å². The van der Waals surface area contributed by atoms with E-state index in [-0.39, 0.29) is 43.2 Å². The Morgan fingerprint density at radius 3 is 1.23 bits per heavy atom. The van der Waals surface area contributed by atoms with Crippen molar-refractivity contribution in [3.63, 3.8) is 0 Å². The molecule has 10 nitrogen and oxygen atoms in total. The number of hydrogen-bond donors (Lipinski definition) is 3. The summed E-state index contributed by atoms with van der Waals surface area (Å²) in [5.74, 6) is -0.379. The van der Waals surface area contributed by atoms with Crippen LogP contribution in [0.15, 0.2) is 91.0 Å². The van der Waals surface area contributed by atoms with Crippen molar-refractivity contribution in [2.24, 2.45) is 29.6 Å². The summed E-state index contributed by atoms with van der Waals surface area (Å²) in [6.45, 7) is 8.14. The highest BCUT2D eigenvalue weighted by atomic mass is 19.4. The number of methoxy groups -OCH3 is 2. The SMILES string of the molecule is C.CO.COC(=O)[C@@H](C)C[C@@H](C)Cc1ccccc1.COC(=O)[C@@H](C)C[C@@H]([NH3+])Cc1ccccc1.C[C@@H](Cc1ccccc1)C[C@H](C)C(=O)O.[O-]OCC(F)(F)F. The zero-order valence-electron chi connectivity index (χ0n) is 34.2. The first kappa shape index (κ1) is 57.0. The van der Waals surface area contributed by atoms with Gasteiger partial charge in [0.2, 0.25) is 0 Å². The van der Waals surface area contributed by atoms with E-state index in [9.17, 15) is 27.6 Å². The zero-order valence-corrected chi connectivity index (χ0v) is 34.2. The number of aliphatic carboxylic acids is 1. The third kappa shape index (κ3) is 31.5. The van der Waals surface area contributed by atoms with Crippen LogP contribution in [0.1, 0.15) is 78.0 Å². The van der Waals surface area contributed by atoms with Crippen molar-refractivity contribution >= 4 is 17.9 Å². The third-order valence-electron chi connectivity index (χ3n) is 8.27. The summed E-state index contributed by atoms with van der Waals surface area (Å²) in [5.41, 5.74) is 7.95. The van der Waals surface area contributed by atoms with Crippen LogP contribution in [-0.2, 0) is 48.0 Å². The summed E-state index contributed by atoms with van der Waals surface area (Å²) in [5, 5.41) is 24.5. The predicted molar refractivity (Wildman–Crippen MR) is 215 cm³/mol. The molecule has 0 aromatic heterocycles. The van der Waals surface area contributed by atoms with Crippen LogP contribution in [0, 0.1) is 29.6 Å². The van der Waals surface area contributed by atoms with E-state index < -0.39 is 18.8 Å². The Morgan fingerprint density at radius 1 is 0.632 bits per heavy atom. The van der Waals surface area contributed by atoms with E-state index in [0.717, 1.165) is 45.6 Å². The van der Waals surface area contributed by atoms with Gasteiger partial charge in [0.25, 0.3) is 0 Å². The van der Waals surface area contributed by atoms with Gasteiger partial charge in [-0.3, -0.25) is 14.4 Å². The molecule has 6 atom stereocenters. The molecule has 324 valence electrons. The first-order chi connectivity index (χ1) is 26.4. The minimum atomic E-state index is -4.48. The Morgan fingerprint density at radius 2 is 0.947 bits per heavy atom. The average molecular weight is 812 g/mol. The normalized spacial score (nSPS) is 13.4. The van der Waals surface area contributed by atoms with E-state index in [1.807, 2.05) is 68.4 Å². The molecule has 0 spiro atoms. The Hall–Kier alpha value is -4.30. The maximum atomic E-state index is 11.3. The summed E-state index contributed by atoms with van der Waals surface area (Å²) in [7, 11) is 3.87. The molecule has 0 amide bonds. The van der Waals surface area contributed by atoms with E-state index in [2.05, 4.69) is 60.9 Å². The molecule has 3 rings (SSSR count). The molecule has 5 N–H and O–H groups in total. The zero-order chi connectivity index (χ0) is 43.1. The van der Waals surface area contributed by atoms with E-state index >= 15 is 0 Å². The Labute approximate surface area is 338 Å². The van der Waals surface area contributed by atoms with Gasteiger partial charge in [-0.15, -0.1) is 0 Å². The minimum absolute atomic E-state index is 0. The summed E-state index contributed by atoms with van der Waals surface area (Å²) in [4.78, 5) is 35.7. The monoisotopic (exact) mass is 811 g/mol. The summed E-state index contributed by atoms with van der Waals surface area (Å²) < 4.78 is 41.6. The van der Waals surface area contributed by atoms with Gasteiger partial charge in [-0.2, -0.15) is 13.2 Å². The molecule has 0 saturated carbocycles. The molecule has 13 heteroatoms. The molecular formula is C44H68F3NO9. The maximum absolute atomic E-state index is 11.3. The predicted octanol–water partition coefficient (Wildman–Crippen LogP) is 7.16. The molecule has 3 aromatic carbocycles. The molecule has 3 aromatic rings. The number of rotatable bonds is 16. The van der Waals surface area contributed by atoms with Gasteiger partial charge < -0.3 is 35.6 Å². The molecule has 0 unspecified atom stereocenters. The molecule has 0 saturated heterocycles. The van der Waals surface area contributed by atoms with Gasteiger partial charge in [0.05, 0.1) is 38.0 Å². The van der Waals surface area contributed by atoms with E-state index in [4.69, 9.17) is 24.9 Å². The molecule has 0 bridgehead atoms. The Kier molecular flexibility index (Phi) is 33.8. The number of aliphatic hydroxyl groups excluding tert-OH is 1. The number of hydrogen-bond acceptors (Lipinski definition) is 8. The number of carbonyl (C=O) groups is 3. The van der Waals surface area contributed by atoms with Crippen LogP contribution in [0.2, 0.25) is 0 Å². The van der Waals surface area contributed by atoms with Gasteiger partial charge in [-0.05, 0) is 54.2 Å². The second-order valence-electron chi connectivity index (χ2n) is 13.8. The molecule has 0 radical (unpaired) electrons. The number of carbonyl (C=O) groups excluding carboxylic acids is 2. The number of carboxylic acids is 1. The van der Waals surface area contributed by atoms with Gasteiger partial charge in [0, 0.05) is 20.0 Å². The van der Waals surface area contributed by atoms with Gasteiger partial charge in [-0.1, -0.05) is 133 Å². The number of aliphatic hydroxyl groups is 1. The second kappa shape index (κ2) is 33.8. The van der Waals surface area contributed by atoms with Gasteiger partial charge in [-0.25, -0.2) is 0 Å². The van der Waals surface area contributed by atoms with Crippen LogP contribution in [0.3, 0.4) is 0 Å². The van der Waals surface area contributed by atoms with Crippen LogP contribution in [0.25, 0.3) is 0 Å². The first-order valence-corrected chi connectivity index (χ1v) is 18.5. The lowest BCUT2D eigenvalue weighted by Gasteiger charge is -2.15. The quantitative estimate of drug-likeness (QED) is 0.0772. The standard InChI is InChI=1S/C14H20O2.C13H19NO2.C13H18O2.C2H3F3O2.CH4O.CH4/c1-11(9-12(2)14(15)16-3)10-13-7-5-4-6-8-13;1-10(13(15)16-2)8-12(14)9-11-6-4-3-5-7-11;1-10(8-11(2)13(14)15)9-12-6-4-3-5-7-12;3-2(4,5)1-7-6;1-2;/h4-8,11-12H,9-10H2,1-3H3;3-7,10,12H,8-9,14H2,1-2H3;3-7,10-11H,8-9H2,1-2H3,(H,14,15);6H,1H2;2H,1H3;1H4/t11-,12+;10-,12+;10-,11+;;;/m101.../s1. The minimum Gasteiger partial charge on any atom is -0.723 e. The van der Waals surface area contributed by atoms with E-state index in [0.29, 0.717) is 11.8 Å². The van der Waals surface area contributed by atoms with E-state index in [1.165, 1.54) is 30.9 Å². The van der Waals surface area contributed by atoms with Gasteiger partial charge in [0.1, 0.15) is 6.61 Å². The van der Waals surface area contributed by atoms with Crippen molar-refractivity contribution in [2.45, 2.75) is 92.8 Å². The highest BCUT2D eigenvalue weighted by Crippen LogP contribution is 2.19. The maximum Gasteiger partial charge on any atom is 0.410 e. The van der Waals surface area contributed by atoms with Crippen molar-refractivity contribution in [2.75, 3.05) is 27.9 Å². The lowest BCUT2D eigenvalue weighted by Crippen LogP contribution is -2.62. The molecular weight excluding hydrogens is 743 g/mol. The summed E-state index contributed by atoms with van der Waals surface area (Å²) in [6.07, 6.45) is 0.776. The Bertz CT molecular complexity index is 1350. The highest BCUT2D eigenvalue weighted by molar-refractivity contribution is 5.72. The number of quaternary nitrogens is 1. The lowest BCUT2D eigenvalue weighted by molar-refractivity contribution is -0.696. The average Bonchev–Trinajstić information content (AvgIpc) is 3.16. The first-order valence-electron chi connectivity index (χ1n) is 18.5. The molecule has 0 aliphatic heterocycles. The smallest absolute Gasteiger partial charge is 0.410 e. The van der Waals surface area contributed by atoms with Crippen molar-refractivity contribution < 1.29 is 63.1 Å². The van der Waals surface area contributed by atoms with Crippen molar-refractivity contribution in [3.05, 3.63) is 108 Å². The number of carboxylic acid groups (broad SMARTS) is 1. The molecule has 0 fully saturated rings. The molecule has 57 heavy (non-hydrogen) atoms. The van der Waals surface area contributed by atoms with Crippen molar-refractivity contribution in [3.8, 4) is 0 Å². The number of alkyl halides is 3. The molecule has 0 aliphatic carbocycles. The van der Waals surface area contributed by atoms with Crippen molar-refractivity contribution in [1.29, 1.82) is 0 Å². The number of benzene rings is 3. The fourth-order valence-corrected chi connectivity index (χ4v) is 5.70. The van der Waals surface area contributed by atoms with Crippen LogP contribution in [0.4, 0.5) is 13.2 Å². The fourth-order valence-electron chi connectivity index (χ4n) is 5.70. The van der Waals surface area contributed by atoms with Crippen LogP contribution >= 0.6 is 0 Å². The number of halogens is 3. The second-order valence-corrected chi connectivity index (χ2v) is 13.8. The Balaban J connectivity index is -0.000000689. The number of ether oxygens (including phenoxy) is 2. The van der Waals surface area contributed by atoms with Crippen LogP contribution in [-0.4, -0.2) is 68.3 Å². The third-order valence-corrected chi connectivity index (χ3v) is 8.27. The number of esters is 2. The summed E-state index contributed by atoms with van der Waals surface area (Å²) in [6, 6.07) is 31.0. The summed E-state index contributed by atoms with van der Waals surface area (Å²) >= 11 is 0. The fraction of sp³-hybridized carbons (Fsp3) is 0.523. The highest BCUT2D eigenvalue weighted by Gasteiger charge is 2.25. The molecule has 0 heterocycles. The van der Waals surface area contributed by atoms with Gasteiger partial charge in [0.15, 0.2) is 0 Å². The van der Waals surface area contributed by atoms with E-state index in [1.54, 1.807) is 6.92 Å². The van der Waals surface area contributed by atoms with Crippen LogP contribution < -0.4 is 11.0 Å². The largest absolute Gasteiger partial charge is 0.723 e. The molecule has 0 aliphatic rings. The topological polar surface area (TPSA) is 170 Å². The lowest BCUT2D eigenvalue weighted by atomic mass is 9.92. The van der Waals surface area contributed by atoms with Crippen LogP contribution in [0.5, 0.6) is 0 Å².